The Morgan fingerprint density at radius 1 is 1.13 bits per heavy atom. The zero-order valence-corrected chi connectivity index (χ0v) is 17.9. The summed E-state index contributed by atoms with van der Waals surface area (Å²) in [5.74, 6) is -0.987. The van der Waals surface area contributed by atoms with Gasteiger partial charge in [-0.3, -0.25) is 19.7 Å². The third-order valence-corrected chi connectivity index (χ3v) is 6.60. The quantitative estimate of drug-likeness (QED) is 0.581. The van der Waals surface area contributed by atoms with Gasteiger partial charge in [0.2, 0.25) is 17.0 Å². The molecule has 1 spiro atoms. The van der Waals surface area contributed by atoms with E-state index in [2.05, 4.69) is 26.9 Å². The molecule has 4 rings (SSSR count). The molecule has 1 aliphatic heterocycles. The van der Waals surface area contributed by atoms with Gasteiger partial charge >= 0.3 is 0 Å². The predicted octanol–water partition coefficient (Wildman–Crippen LogP) is 1.56. The Morgan fingerprint density at radius 3 is 2.53 bits per heavy atom. The molecule has 30 heavy (non-hydrogen) atoms. The Morgan fingerprint density at radius 2 is 1.83 bits per heavy atom. The number of piperazine rings is 1. The van der Waals surface area contributed by atoms with Gasteiger partial charge in [-0.25, -0.2) is 0 Å². The first-order valence-corrected chi connectivity index (χ1v) is 11.0. The average molecular weight is 429 g/mol. The molecule has 10 heteroatoms. The van der Waals surface area contributed by atoms with Crippen molar-refractivity contribution in [3.05, 3.63) is 29.3 Å². The fraction of sp³-hybridized carbons (Fsp3) is 0.500. The van der Waals surface area contributed by atoms with E-state index in [9.17, 15) is 14.4 Å². The van der Waals surface area contributed by atoms with E-state index in [-0.39, 0.29) is 24.1 Å². The van der Waals surface area contributed by atoms with E-state index in [0.717, 1.165) is 36.1 Å². The van der Waals surface area contributed by atoms with Crippen LogP contribution in [0.25, 0.3) is 5.69 Å². The van der Waals surface area contributed by atoms with Crippen LogP contribution in [0.3, 0.4) is 0 Å². The Kier molecular flexibility index (Phi) is 5.59. The Hall–Kier alpha value is -2.75. The molecule has 2 aliphatic rings. The maximum absolute atomic E-state index is 13.1. The zero-order valence-electron chi connectivity index (χ0n) is 17.1. The van der Waals surface area contributed by atoms with Gasteiger partial charge in [0.25, 0.3) is 5.91 Å². The molecule has 1 saturated heterocycles. The topological polar surface area (TPSA) is 110 Å². The van der Waals surface area contributed by atoms with Crippen molar-refractivity contribution in [3.8, 4) is 5.69 Å². The molecule has 1 aromatic heterocycles. The van der Waals surface area contributed by atoms with Crippen molar-refractivity contribution < 1.29 is 14.4 Å². The number of imide groups is 1. The molecule has 0 unspecified atom stereocenters. The highest BCUT2D eigenvalue weighted by Crippen LogP contribution is 2.36. The zero-order chi connectivity index (χ0) is 21.3. The molecule has 0 atom stereocenters. The highest BCUT2D eigenvalue weighted by molar-refractivity contribution is 7.99. The molecule has 9 nitrogen and oxygen atoms in total. The van der Waals surface area contributed by atoms with Crippen LogP contribution in [0.2, 0.25) is 0 Å². The number of amides is 3. The van der Waals surface area contributed by atoms with Gasteiger partial charge < -0.3 is 4.90 Å². The molecule has 2 heterocycles. The summed E-state index contributed by atoms with van der Waals surface area (Å²) in [6.07, 6.45) is 3.93. The van der Waals surface area contributed by atoms with Gasteiger partial charge in [0, 0.05) is 0 Å². The van der Waals surface area contributed by atoms with E-state index in [1.807, 2.05) is 26.0 Å². The van der Waals surface area contributed by atoms with Crippen molar-refractivity contribution >= 4 is 29.5 Å². The Balaban J connectivity index is 1.53. The summed E-state index contributed by atoms with van der Waals surface area (Å²) in [7, 11) is 0. The summed E-state index contributed by atoms with van der Waals surface area (Å²) in [5, 5.41) is 14.8. The minimum absolute atomic E-state index is 0.0491. The summed E-state index contributed by atoms with van der Waals surface area (Å²) >= 11 is 1.20. The van der Waals surface area contributed by atoms with Crippen molar-refractivity contribution in [2.45, 2.75) is 56.6 Å². The lowest BCUT2D eigenvalue weighted by molar-refractivity contribution is -0.158. The number of nitrogens with one attached hydrogen (secondary N) is 1. The molecule has 3 amide bonds. The lowest BCUT2D eigenvalue weighted by atomic mass is 9.78. The van der Waals surface area contributed by atoms with E-state index in [4.69, 9.17) is 0 Å². The maximum atomic E-state index is 13.1. The third kappa shape index (κ3) is 3.83. The normalized spacial score (nSPS) is 18.5. The van der Waals surface area contributed by atoms with E-state index >= 15 is 0 Å². The van der Waals surface area contributed by atoms with Crippen LogP contribution < -0.4 is 5.32 Å². The molecular formula is C20H24N6O3S. The van der Waals surface area contributed by atoms with Crippen molar-refractivity contribution in [2.24, 2.45) is 0 Å². The molecule has 1 aromatic carbocycles. The van der Waals surface area contributed by atoms with Crippen LogP contribution in [0.1, 0.15) is 43.2 Å². The standard InChI is InChI=1S/C20H24N6O3S/c1-13-8-14(2)10-15(9-13)26-19(22-23-24-26)30-12-17(28)25-11-16(27)21-18(29)20(25)6-4-3-5-7-20/h8-10H,3-7,11-12H2,1-2H3,(H,21,27,29). The van der Waals surface area contributed by atoms with Crippen LogP contribution >= 0.6 is 11.8 Å². The number of hydrogen-bond donors (Lipinski definition) is 1. The van der Waals surface area contributed by atoms with Crippen molar-refractivity contribution in [3.63, 3.8) is 0 Å². The molecular weight excluding hydrogens is 404 g/mol. The van der Waals surface area contributed by atoms with Crippen LogP contribution in [-0.2, 0) is 14.4 Å². The lowest BCUT2D eigenvalue weighted by Gasteiger charge is -2.47. The summed E-state index contributed by atoms with van der Waals surface area (Å²) in [6, 6.07) is 6.01. The third-order valence-electron chi connectivity index (χ3n) is 5.69. The maximum Gasteiger partial charge on any atom is 0.252 e. The largest absolute Gasteiger partial charge is 0.318 e. The number of thioether (sulfide) groups is 1. The van der Waals surface area contributed by atoms with Crippen molar-refractivity contribution in [1.29, 1.82) is 0 Å². The summed E-state index contributed by atoms with van der Waals surface area (Å²) < 4.78 is 1.60. The first-order valence-electron chi connectivity index (χ1n) is 10.0. The van der Waals surface area contributed by atoms with Gasteiger partial charge in [-0.15, -0.1) is 5.10 Å². The first kappa shape index (κ1) is 20.5. The molecule has 0 bridgehead atoms. The van der Waals surface area contributed by atoms with E-state index < -0.39 is 11.4 Å². The summed E-state index contributed by atoms with van der Waals surface area (Å²) in [6.45, 7) is 3.91. The SMILES string of the molecule is Cc1cc(C)cc(-n2nnnc2SCC(=O)N2CC(=O)NC(=O)C23CCCCC3)c1. The van der Waals surface area contributed by atoms with Gasteiger partial charge in [0.15, 0.2) is 0 Å². The molecule has 1 N–H and O–H groups in total. The minimum atomic E-state index is -0.913. The van der Waals surface area contributed by atoms with Gasteiger partial charge in [0.1, 0.15) is 12.1 Å². The van der Waals surface area contributed by atoms with Crippen molar-refractivity contribution in [1.82, 2.24) is 30.4 Å². The number of benzene rings is 1. The average Bonchev–Trinajstić information content (AvgIpc) is 3.18. The summed E-state index contributed by atoms with van der Waals surface area (Å²) in [5.41, 5.74) is 2.08. The predicted molar refractivity (Wildman–Crippen MR) is 110 cm³/mol. The van der Waals surface area contributed by atoms with E-state index in [1.165, 1.54) is 16.7 Å². The number of carbonyl (C=O) groups is 3. The van der Waals surface area contributed by atoms with Crippen molar-refractivity contribution in [2.75, 3.05) is 12.3 Å². The summed E-state index contributed by atoms with van der Waals surface area (Å²) in [4.78, 5) is 39.2. The highest BCUT2D eigenvalue weighted by Gasteiger charge is 2.50. The molecule has 2 fully saturated rings. The molecule has 1 saturated carbocycles. The van der Waals surface area contributed by atoms with Crippen LogP contribution in [0.5, 0.6) is 0 Å². The number of nitrogens with zero attached hydrogens (tertiary/aromatic N) is 5. The Bertz CT molecular complexity index is 978. The smallest absolute Gasteiger partial charge is 0.252 e. The lowest BCUT2D eigenvalue weighted by Crippen LogP contribution is -2.69. The van der Waals surface area contributed by atoms with Crippen LogP contribution in [0.4, 0.5) is 0 Å². The number of aromatic nitrogens is 4. The molecule has 2 aromatic rings. The van der Waals surface area contributed by atoms with Gasteiger partial charge in [-0.2, -0.15) is 4.68 Å². The minimum Gasteiger partial charge on any atom is -0.318 e. The molecule has 1 aliphatic carbocycles. The van der Waals surface area contributed by atoms with Gasteiger partial charge in [0.05, 0.1) is 11.4 Å². The fourth-order valence-electron chi connectivity index (χ4n) is 4.37. The van der Waals surface area contributed by atoms with E-state index in [1.54, 1.807) is 4.68 Å². The van der Waals surface area contributed by atoms with Crippen LogP contribution in [0.15, 0.2) is 23.4 Å². The van der Waals surface area contributed by atoms with E-state index in [0.29, 0.717) is 18.0 Å². The number of aryl methyl sites for hydroxylation is 2. The number of tetrazole rings is 1. The second kappa shape index (κ2) is 8.17. The number of rotatable bonds is 4. The highest BCUT2D eigenvalue weighted by atomic mass is 32.2. The molecule has 158 valence electrons. The first-order chi connectivity index (χ1) is 14.4. The van der Waals surface area contributed by atoms with Gasteiger partial charge in [-0.1, -0.05) is 37.1 Å². The number of hydrogen-bond acceptors (Lipinski definition) is 7. The second-order valence-corrected chi connectivity index (χ2v) is 8.90. The number of carbonyl (C=O) groups excluding carboxylic acids is 3. The molecule has 0 radical (unpaired) electrons. The monoisotopic (exact) mass is 428 g/mol. The Labute approximate surface area is 178 Å². The fourth-order valence-corrected chi connectivity index (χ4v) is 5.14. The van der Waals surface area contributed by atoms with Crippen LogP contribution in [-0.4, -0.2) is 60.7 Å². The van der Waals surface area contributed by atoms with Gasteiger partial charge in [-0.05, 0) is 60.4 Å². The van der Waals surface area contributed by atoms with Crippen LogP contribution in [0, 0.1) is 13.8 Å². The second-order valence-electron chi connectivity index (χ2n) is 7.96.